The van der Waals surface area contributed by atoms with Crippen LogP contribution in [0.5, 0.6) is 5.75 Å². The van der Waals surface area contributed by atoms with Crippen molar-refractivity contribution in [2.45, 2.75) is 33.1 Å². The lowest BCUT2D eigenvalue weighted by Gasteiger charge is -2.13. The van der Waals surface area contributed by atoms with Crippen LogP contribution in [-0.2, 0) is 22.7 Å². The number of aromatic nitrogens is 2. The molecule has 0 saturated heterocycles. The first-order chi connectivity index (χ1) is 13.6. The highest BCUT2D eigenvalue weighted by Crippen LogP contribution is 2.26. The van der Waals surface area contributed by atoms with E-state index in [1.807, 2.05) is 73.0 Å². The molecule has 0 N–H and O–H groups in total. The van der Waals surface area contributed by atoms with Crippen molar-refractivity contribution >= 4 is 27.8 Å². The number of benzene rings is 3. The summed E-state index contributed by atoms with van der Waals surface area (Å²) < 4.78 is 13.3. The van der Waals surface area contributed by atoms with Gasteiger partial charge in [-0.25, -0.2) is 4.98 Å². The maximum absolute atomic E-state index is 12.3. The molecule has 3 aromatic carbocycles. The number of nitrogens with zero attached hydrogens (tertiary/aromatic N) is 2. The third kappa shape index (κ3) is 3.69. The van der Waals surface area contributed by atoms with Gasteiger partial charge in [-0.2, -0.15) is 0 Å². The summed E-state index contributed by atoms with van der Waals surface area (Å²) in [4.78, 5) is 16.9. The fourth-order valence-corrected chi connectivity index (χ4v) is 3.31. The van der Waals surface area contributed by atoms with Crippen LogP contribution in [0, 0.1) is 0 Å². The van der Waals surface area contributed by atoms with Gasteiger partial charge in [-0.1, -0.05) is 48.5 Å². The molecule has 0 aliphatic rings. The Kier molecular flexibility index (Phi) is 4.98. The Bertz CT molecular complexity index is 1130. The molecule has 0 amide bonds. The molecule has 28 heavy (non-hydrogen) atoms. The van der Waals surface area contributed by atoms with Crippen LogP contribution in [0.2, 0.25) is 0 Å². The average molecular weight is 374 g/mol. The highest BCUT2D eigenvalue weighted by atomic mass is 16.5. The summed E-state index contributed by atoms with van der Waals surface area (Å²) in [6, 6.07) is 21.8. The van der Waals surface area contributed by atoms with E-state index < -0.39 is 0 Å². The van der Waals surface area contributed by atoms with Crippen LogP contribution in [0.4, 0.5) is 0 Å². The van der Waals surface area contributed by atoms with Crippen LogP contribution in [0.3, 0.4) is 0 Å². The van der Waals surface area contributed by atoms with Gasteiger partial charge >= 0.3 is 5.97 Å². The first kappa shape index (κ1) is 18.0. The number of imidazole rings is 1. The molecule has 0 spiro atoms. The van der Waals surface area contributed by atoms with E-state index in [-0.39, 0.29) is 25.2 Å². The van der Waals surface area contributed by atoms with E-state index in [9.17, 15) is 4.79 Å². The Balaban J connectivity index is 1.64. The summed E-state index contributed by atoms with van der Waals surface area (Å²) in [6.07, 6.45) is -0.155. The molecule has 0 radical (unpaired) electrons. The molecule has 1 aromatic heterocycles. The van der Waals surface area contributed by atoms with Crippen LogP contribution < -0.4 is 4.74 Å². The molecule has 0 atom stereocenters. The van der Waals surface area contributed by atoms with Gasteiger partial charge < -0.3 is 14.0 Å². The van der Waals surface area contributed by atoms with Gasteiger partial charge in [0.1, 0.15) is 24.7 Å². The largest absolute Gasteiger partial charge is 0.485 e. The Morgan fingerprint density at radius 1 is 1.00 bits per heavy atom. The Morgan fingerprint density at radius 2 is 1.75 bits per heavy atom. The second kappa shape index (κ2) is 7.72. The van der Waals surface area contributed by atoms with Crippen LogP contribution in [0.15, 0.2) is 66.7 Å². The van der Waals surface area contributed by atoms with Gasteiger partial charge in [0.05, 0.1) is 17.1 Å². The molecule has 0 fully saturated rings. The SMILES string of the molecule is CC(C)OC(=O)Cn1c(COc2cccc3ccccc23)nc2ccccc21. The fraction of sp³-hybridized carbons (Fsp3) is 0.217. The van der Waals surface area contributed by atoms with Crippen molar-refractivity contribution < 1.29 is 14.3 Å². The molecule has 4 rings (SSSR count). The lowest BCUT2D eigenvalue weighted by atomic mass is 10.1. The van der Waals surface area contributed by atoms with Crippen LogP contribution in [-0.4, -0.2) is 21.6 Å². The summed E-state index contributed by atoms with van der Waals surface area (Å²) in [5, 5.41) is 2.17. The van der Waals surface area contributed by atoms with Gasteiger partial charge in [0, 0.05) is 5.39 Å². The zero-order chi connectivity index (χ0) is 19.5. The smallest absolute Gasteiger partial charge is 0.326 e. The van der Waals surface area contributed by atoms with Gasteiger partial charge in [-0.3, -0.25) is 4.79 Å². The third-order valence-electron chi connectivity index (χ3n) is 4.49. The van der Waals surface area contributed by atoms with E-state index in [4.69, 9.17) is 9.47 Å². The van der Waals surface area contributed by atoms with Gasteiger partial charge in [-0.05, 0) is 37.4 Å². The minimum absolute atomic E-state index is 0.104. The Morgan fingerprint density at radius 3 is 2.61 bits per heavy atom. The maximum atomic E-state index is 12.3. The van der Waals surface area contributed by atoms with Crippen LogP contribution in [0.1, 0.15) is 19.7 Å². The third-order valence-corrected chi connectivity index (χ3v) is 4.49. The van der Waals surface area contributed by atoms with Crippen molar-refractivity contribution in [3.8, 4) is 5.75 Å². The summed E-state index contributed by atoms with van der Waals surface area (Å²) in [5.41, 5.74) is 1.72. The number of hydrogen-bond acceptors (Lipinski definition) is 4. The molecular weight excluding hydrogens is 352 g/mol. The summed E-state index contributed by atoms with van der Waals surface area (Å²) in [6.45, 7) is 4.05. The molecular formula is C23H22N2O3. The Hall–Kier alpha value is -3.34. The molecule has 5 nitrogen and oxygen atoms in total. The monoisotopic (exact) mass is 374 g/mol. The number of carbonyl (C=O) groups excluding carboxylic acids is 1. The zero-order valence-corrected chi connectivity index (χ0v) is 16.0. The number of carbonyl (C=O) groups is 1. The normalized spacial score (nSPS) is 11.2. The van der Waals surface area contributed by atoms with E-state index in [1.165, 1.54) is 0 Å². The van der Waals surface area contributed by atoms with E-state index in [0.29, 0.717) is 5.82 Å². The molecule has 0 saturated carbocycles. The predicted molar refractivity (Wildman–Crippen MR) is 109 cm³/mol. The number of esters is 1. The average Bonchev–Trinajstić information content (AvgIpc) is 3.03. The zero-order valence-electron chi connectivity index (χ0n) is 16.0. The van der Waals surface area contributed by atoms with Crippen molar-refractivity contribution in [2.24, 2.45) is 0 Å². The maximum Gasteiger partial charge on any atom is 0.326 e. The van der Waals surface area contributed by atoms with E-state index >= 15 is 0 Å². The summed E-state index contributed by atoms with van der Waals surface area (Å²) in [7, 11) is 0. The predicted octanol–water partition coefficient (Wildman–Crippen LogP) is 4.72. The molecule has 142 valence electrons. The minimum Gasteiger partial charge on any atom is -0.485 e. The summed E-state index contributed by atoms with van der Waals surface area (Å²) >= 11 is 0. The fourth-order valence-electron chi connectivity index (χ4n) is 3.31. The number of hydrogen-bond donors (Lipinski definition) is 0. The van der Waals surface area contributed by atoms with Gasteiger partial charge in [0.15, 0.2) is 0 Å². The lowest BCUT2D eigenvalue weighted by molar-refractivity contribution is -0.148. The number of para-hydroxylation sites is 2. The molecule has 4 aromatic rings. The first-order valence-corrected chi connectivity index (χ1v) is 9.36. The first-order valence-electron chi connectivity index (χ1n) is 9.36. The molecule has 0 unspecified atom stereocenters. The molecule has 5 heteroatoms. The van der Waals surface area contributed by atoms with Crippen LogP contribution in [0.25, 0.3) is 21.8 Å². The quantitative estimate of drug-likeness (QED) is 0.458. The number of fused-ring (bicyclic) bond motifs is 2. The van der Waals surface area contributed by atoms with E-state index in [0.717, 1.165) is 27.6 Å². The van der Waals surface area contributed by atoms with Gasteiger partial charge in [0.2, 0.25) is 0 Å². The number of rotatable bonds is 6. The minimum atomic E-state index is -0.287. The highest BCUT2D eigenvalue weighted by Gasteiger charge is 2.16. The van der Waals surface area contributed by atoms with Crippen molar-refractivity contribution in [1.82, 2.24) is 9.55 Å². The van der Waals surface area contributed by atoms with E-state index in [2.05, 4.69) is 17.1 Å². The van der Waals surface area contributed by atoms with Crippen LogP contribution >= 0.6 is 0 Å². The second-order valence-corrected chi connectivity index (χ2v) is 6.91. The van der Waals surface area contributed by atoms with Crippen molar-refractivity contribution in [1.29, 1.82) is 0 Å². The van der Waals surface area contributed by atoms with E-state index in [1.54, 1.807) is 0 Å². The van der Waals surface area contributed by atoms with Crippen molar-refractivity contribution in [3.05, 3.63) is 72.6 Å². The van der Waals surface area contributed by atoms with Gasteiger partial charge in [0.25, 0.3) is 0 Å². The molecule has 1 heterocycles. The Labute approximate surface area is 163 Å². The lowest BCUT2D eigenvalue weighted by Crippen LogP contribution is -2.19. The second-order valence-electron chi connectivity index (χ2n) is 6.91. The topological polar surface area (TPSA) is 53.4 Å². The highest BCUT2D eigenvalue weighted by molar-refractivity contribution is 5.88. The van der Waals surface area contributed by atoms with Gasteiger partial charge in [-0.15, -0.1) is 0 Å². The standard InChI is InChI=1S/C23H22N2O3/c1-16(2)28-23(26)14-25-20-12-6-5-11-19(20)24-22(25)15-27-21-13-7-9-17-8-3-4-10-18(17)21/h3-13,16H,14-15H2,1-2H3. The van der Waals surface area contributed by atoms with Crippen molar-refractivity contribution in [2.75, 3.05) is 0 Å². The molecule has 0 aliphatic heterocycles. The summed E-state index contributed by atoms with van der Waals surface area (Å²) in [5.74, 6) is 1.20. The number of ether oxygens (including phenoxy) is 2. The molecule has 0 aliphatic carbocycles. The van der Waals surface area contributed by atoms with Crippen molar-refractivity contribution in [3.63, 3.8) is 0 Å². The molecule has 0 bridgehead atoms.